The second kappa shape index (κ2) is 10.8. The van der Waals surface area contributed by atoms with E-state index in [0.29, 0.717) is 30.5 Å². The summed E-state index contributed by atoms with van der Waals surface area (Å²) in [4.78, 5) is 11.5. The van der Waals surface area contributed by atoms with E-state index in [1.165, 1.54) is 0 Å². The van der Waals surface area contributed by atoms with Crippen LogP contribution in [0.1, 0.15) is 50.6 Å². The molecule has 1 fully saturated rings. The molecule has 2 N–H and O–H groups in total. The van der Waals surface area contributed by atoms with Crippen molar-refractivity contribution >= 4 is 25.8 Å². The predicted molar refractivity (Wildman–Crippen MR) is 164 cm³/mol. The van der Waals surface area contributed by atoms with Crippen LogP contribution in [0.5, 0.6) is 0 Å². The Balaban J connectivity index is 1.41. The zero-order chi connectivity index (χ0) is 29.6. The maximum atomic E-state index is 10.0. The van der Waals surface area contributed by atoms with E-state index in [4.69, 9.17) is 14.1 Å². The molecule has 2 atom stereocenters. The number of nitriles is 1. The molecular formula is C30H42N8O2Si. The Labute approximate surface area is 244 Å². The van der Waals surface area contributed by atoms with Gasteiger partial charge in [0.15, 0.2) is 14.1 Å². The number of fused-ring (bicyclic) bond motifs is 1. The molecule has 0 spiro atoms. The molecule has 3 aromatic rings. The zero-order valence-electron chi connectivity index (χ0n) is 25.5. The minimum Gasteiger partial charge on any atom is -0.416 e. The Morgan fingerprint density at radius 1 is 1.27 bits per heavy atom. The van der Waals surface area contributed by atoms with E-state index in [9.17, 15) is 5.26 Å². The first kappa shape index (κ1) is 29.2. The molecule has 1 aromatic carbocycles. The topological polar surface area (TPSA) is 113 Å². The Morgan fingerprint density at radius 2 is 2.05 bits per heavy atom. The van der Waals surface area contributed by atoms with Gasteiger partial charge in [-0.15, -0.1) is 0 Å². The zero-order valence-corrected chi connectivity index (χ0v) is 26.5. The highest BCUT2D eigenvalue weighted by atomic mass is 28.4. The van der Waals surface area contributed by atoms with Gasteiger partial charge in [0.2, 0.25) is 5.95 Å². The van der Waals surface area contributed by atoms with E-state index < -0.39 is 8.32 Å². The van der Waals surface area contributed by atoms with E-state index >= 15 is 0 Å². The number of ether oxygens (including phenoxy) is 1. The maximum absolute atomic E-state index is 10.0. The normalized spacial score (nSPS) is 21.3. The summed E-state index contributed by atoms with van der Waals surface area (Å²) in [7, 11) is 2.10. The van der Waals surface area contributed by atoms with E-state index in [0.717, 1.165) is 47.9 Å². The van der Waals surface area contributed by atoms with Gasteiger partial charge >= 0.3 is 0 Å². The fraction of sp³-hybridized carbons (Fsp3) is 0.533. The summed E-state index contributed by atoms with van der Waals surface area (Å²) in [5.74, 6) is 1.12. The summed E-state index contributed by atoms with van der Waals surface area (Å²) < 4.78 is 14.2. The Morgan fingerprint density at radius 3 is 2.76 bits per heavy atom. The number of hydrogen-bond acceptors (Lipinski definition) is 9. The second-order valence-corrected chi connectivity index (χ2v) is 17.9. The number of anilines is 3. The molecule has 2 aromatic heterocycles. The molecule has 0 radical (unpaired) electrons. The van der Waals surface area contributed by atoms with Crippen LogP contribution in [0.25, 0.3) is 11.3 Å². The van der Waals surface area contributed by atoms with Crippen LogP contribution in [-0.4, -0.2) is 72.9 Å². The smallest absolute Gasteiger partial charge is 0.228 e. The van der Waals surface area contributed by atoms with Gasteiger partial charge in [0.05, 0.1) is 41.9 Å². The standard InChI is InChI=1S/C30H42N8O2Si/c1-29(2,3)41(7,8)40-19-30(4)18-33-27-21(16-31)13-20(14-22(27)30)23-9-10-32-28(34-23)35-26-15-24(38(6)36-26)25-17-39-12-11-37(25)5/h9-10,13-15,25,33H,11-12,17-19H2,1-8H3,(H,32,34,35,36)/t25?,30-/m1/s1. The average molecular weight is 575 g/mol. The first-order chi connectivity index (χ1) is 19.3. The van der Waals surface area contributed by atoms with Gasteiger partial charge in [-0.1, -0.05) is 27.7 Å². The number of morpholine rings is 1. The molecule has 1 saturated heterocycles. The van der Waals surface area contributed by atoms with Gasteiger partial charge in [0.1, 0.15) is 6.07 Å². The van der Waals surface area contributed by atoms with Gasteiger partial charge in [-0.05, 0) is 48.9 Å². The highest BCUT2D eigenvalue weighted by Gasteiger charge is 2.42. The largest absolute Gasteiger partial charge is 0.416 e. The third-order valence-electron chi connectivity index (χ3n) is 8.97. The Kier molecular flexibility index (Phi) is 7.72. The number of hydrogen-bond donors (Lipinski definition) is 2. The van der Waals surface area contributed by atoms with Crippen LogP contribution in [0.3, 0.4) is 0 Å². The first-order valence-electron chi connectivity index (χ1n) is 14.2. The minimum atomic E-state index is -1.94. The highest BCUT2D eigenvalue weighted by Crippen LogP contribution is 2.44. The SMILES string of the molecule is CN1CCOCC1c1cc(Nc2nccc(-c3cc(C#N)c4c(c3)[C@@](C)(CO[Si](C)(C)C(C)(C)C)CN4)n2)nn1C. The molecule has 2 aliphatic rings. The lowest BCUT2D eigenvalue weighted by Gasteiger charge is -2.39. The van der Waals surface area contributed by atoms with Gasteiger partial charge in [-0.3, -0.25) is 9.58 Å². The molecule has 0 aliphatic carbocycles. The van der Waals surface area contributed by atoms with Gasteiger partial charge in [-0.2, -0.15) is 10.4 Å². The predicted octanol–water partition coefficient (Wildman–Crippen LogP) is 5.20. The average Bonchev–Trinajstić information content (AvgIpc) is 3.46. The van der Waals surface area contributed by atoms with Crippen molar-refractivity contribution < 1.29 is 9.16 Å². The summed E-state index contributed by atoms with van der Waals surface area (Å²) in [6.07, 6.45) is 1.73. The molecule has 11 heteroatoms. The number of nitrogens with zero attached hydrogens (tertiary/aromatic N) is 6. The van der Waals surface area contributed by atoms with Gasteiger partial charge < -0.3 is 19.8 Å². The van der Waals surface area contributed by atoms with Crippen LogP contribution in [0.2, 0.25) is 18.1 Å². The van der Waals surface area contributed by atoms with Crippen molar-refractivity contribution in [3.63, 3.8) is 0 Å². The third-order valence-corrected chi connectivity index (χ3v) is 13.4. The summed E-state index contributed by atoms with van der Waals surface area (Å²) in [6.45, 7) is 17.1. The fourth-order valence-corrected chi connectivity index (χ4v) is 6.27. The van der Waals surface area contributed by atoms with Gasteiger partial charge in [0, 0.05) is 50.0 Å². The van der Waals surface area contributed by atoms with Gasteiger partial charge in [-0.25, -0.2) is 9.97 Å². The lowest BCUT2D eigenvalue weighted by molar-refractivity contribution is 0.00218. The van der Waals surface area contributed by atoms with Crippen molar-refractivity contribution in [2.45, 2.75) is 57.3 Å². The lowest BCUT2D eigenvalue weighted by atomic mass is 9.83. The van der Waals surface area contributed by atoms with E-state index in [1.807, 2.05) is 29.9 Å². The van der Waals surface area contributed by atoms with Crippen molar-refractivity contribution in [1.29, 1.82) is 5.26 Å². The maximum Gasteiger partial charge on any atom is 0.228 e. The van der Waals surface area contributed by atoms with Crippen LogP contribution in [0.15, 0.2) is 30.5 Å². The Hall–Kier alpha value is -3.30. The lowest BCUT2D eigenvalue weighted by Crippen LogP contribution is -2.45. The number of rotatable bonds is 7. The molecule has 5 rings (SSSR count). The van der Waals surface area contributed by atoms with Crippen LogP contribution in [0, 0.1) is 11.3 Å². The van der Waals surface area contributed by atoms with E-state index in [2.05, 4.69) is 85.6 Å². The molecule has 0 amide bonds. The van der Waals surface area contributed by atoms with Crippen molar-refractivity contribution in [2.75, 3.05) is 50.6 Å². The van der Waals surface area contributed by atoms with Crippen LogP contribution < -0.4 is 10.6 Å². The number of aromatic nitrogens is 4. The van der Waals surface area contributed by atoms with Crippen molar-refractivity contribution in [3.05, 3.63) is 47.3 Å². The first-order valence-corrected chi connectivity index (χ1v) is 17.1. The quantitative estimate of drug-likeness (QED) is 0.368. The number of aryl methyl sites for hydroxylation is 1. The van der Waals surface area contributed by atoms with Crippen molar-refractivity contribution in [2.24, 2.45) is 7.05 Å². The summed E-state index contributed by atoms with van der Waals surface area (Å²) >= 11 is 0. The number of nitrogens with one attached hydrogen (secondary N) is 2. The molecule has 0 bridgehead atoms. The monoisotopic (exact) mass is 574 g/mol. The third kappa shape index (κ3) is 5.74. The molecular weight excluding hydrogens is 532 g/mol. The van der Waals surface area contributed by atoms with Gasteiger partial charge in [0.25, 0.3) is 0 Å². The van der Waals surface area contributed by atoms with Crippen LogP contribution in [0.4, 0.5) is 17.5 Å². The summed E-state index contributed by atoms with van der Waals surface area (Å²) in [5.41, 5.74) is 4.99. The number of benzene rings is 1. The summed E-state index contributed by atoms with van der Waals surface area (Å²) in [6, 6.07) is 10.5. The molecule has 1 unspecified atom stereocenters. The second-order valence-electron chi connectivity index (χ2n) is 13.1. The minimum absolute atomic E-state index is 0.122. The molecule has 4 heterocycles. The van der Waals surface area contributed by atoms with Crippen LogP contribution in [-0.2, 0) is 21.6 Å². The molecule has 10 nitrogen and oxygen atoms in total. The summed E-state index contributed by atoms with van der Waals surface area (Å²) in [5, 5.41) is 21.6. The Bertz CT molecular complexity index is 1470. The molecule has 218 valence electrons. The molecule has 2 aliphatic heterocycles. The number of likely N-dealkylation sites (N-methyl/N-ethyl adjacent to an activating group) is 1. The van der Waals surface area contributed by atoms with Crippen molar-refractivity contribution in [1.82, 2.24) is 24.6 Å². The van der Waals surface area contributed by atoms with Crippen LogP contribution >= 0.6 is 0 Å². The molecule has 41 heavy (non-hydrogen) atoms. The highest BCUT2D eigenvalue weighted by molar-refractivity contribution is 6.74. The van der Waals surface area contributed by atoms with E-state index in [-0.39, 0.29) is 16.5 Å². The fourth-order valence-electron chi connectivity index (χ4n) is 5.15. The van der Waals surface area contributed by atoms with Crippen molar-refractivity contribution in [3.8, 4) is 17.3 Å². The molecule has 0 saturated carbocycles. The van der Waals surface area contributed by atoms with E-state index in [1.54, 1.807) is 6.20 Å².